The molecular formula is C15H22N2O2. The van der Waals surface area contributed by atoms with Crippen LogP contribution in [0.3, 0.4) is 0 Å². The number of anilines is 1. The molecule has 2 N–H and O–H groups in total. The molecule has 104 valence electrons. The van der Waals surface area contributed by atoms with Gasteiger partial charge in [0.15, 0.2) is 0 Å². The van der Waals surface area contributed by atoms with Crippen molar-refractivity contribution in [3.05, 3.63) is 24.3 Å². The summed E-state index contributed by atoms with van der Waals surface area (Å²) in [6.45, 7) is 5.52. The average molecular weight is 262 g/mol. The van der Waals surface area contributed by atoms with E-state index in [-0.39, 0.29) is 11.8 Å². The van der Waals surface area contributed by atoms with E-state index in [0.717, 1.165) is 30.8 Å². The smallest absolute Gasteiger partial charge is 0.228 e. The van der Waals surface area contributed by atoms with Gasteiger partial charge >= 0.3 is 0 Å². The summed E-state index contributed by atoms with van der Waals surface area (Å²) in [5, 5.41) is 6.31. The van der Waals surface area contributed by atoms with Gasteiger partial charge in [0, 0.05) is 18.3 Å². The molecule has 1 aliphatic heterocycles. The van der Waals surface area contributed by atoms with Crippen LogP contribution in [0.25, 0.3) is 0 Å². The van der Waals surface area contributed by atoms with Gasteiger partial charge in [-0.15, -0.1) is 0 Å². The minimum atomic E-state index is 0.0720. The summed E-state index contributed by atoms with van der Waals surface area (Å²) < 4.78 is 5.37. The first kappa shape index (κ1) is 13.9. The zero-order valence-electron chi connectivity index (χ0n) is 11.6. The number of hydrogen-bond donors (Lipinski definition) is 2. The molecule has 1 aromatic carbocycles. The molecule has 2 unspecified atom stereocenters. The second-order valence-corrected chi connectivity index (χ2v) is 5.03. The first-order valence-electron chi connectivity index (χ1n) is 6.96. The fourth-order valence-electron chi connectivity index (χ4n) is 2.27. The largest absolute Gasteiger partial charge is 0.494 e. The van der Waals surface area contributed by atoms with Gasteiger partial charge < -0.3 is 15.4 Å². The Kier molecular flexibility index (Phi) is 4.80. The predicted molar refractivity (Wildman–Crippen MR) is 76.4 cm³/mol. The molecule has 0 saturated carbocycles. The van der Waals surface area contributed by atoms with E-state index >= 15 is 0 Å². The molecule has 0 bridgehead atoms. The summed E-state index contributed by atoms with van der Waals surface area (Å²) >= 11 is 0. The molecule has 1 aliphatic rings. The second-order valence-electron chi connectivity index (χ2n) is 5.03. The molecule has 0 radical (unpaired) electrons. The van der Waals surface area contributed by atoms with Crippen molar-refractivity contribution < 1.29 is 9.53 Å². The number of benzene rings is 1. The Hall–Kier alpha value is -1.55. The molecule has 2 rings (SSSR count). The highest BCUT2D eigenvalue weighted by Gasteiger charge is 2.23. The van der Waals surface area contributed by atoms with Gasteiger partial charge in [-0.1, -0.05) is 0 Å². The van der Waals surface area contributed by atoms with E-state index in [9.17, 15) is 4.79 Å². The van der Waals surface area contributed by atoms with Crippen LogP contribution in [-0.4, -0.2) is 25.1 Å². The Morgan fingerprint density at radius 2 is 2.11 bits per heavy atom. The van der Waals surface area contributed by atoms with E-state index in [1.165, 1.54) is 0 Å². The van der Waals surface area contributed by atoms with Crippen LogP contribution in [0, 0.1) is 5.92 Å². The number of rotatable bonds is 4. The normalized spacial score (nSPS) is 22.8. The molecule has 2 atom stereocenters. The molecule has 0 spiro atoms. The number of hydrogen-bond acceptors (Lipinski definition) is 3. The van der Waals surface area contributed by atoms with Crippen LogP contribution in [-0.2, 0) is 4.79 Å². The number of piperidine rings is 1. The highest BCUT2D eigenvalue weighted by atomic mass is 16.5. The van der Waals surface area contributed by atoms with Gasteiger partial charge in [-0.25, -0.2) is 0 Å². The van der Waals surface area contributed by atoms with Crippen molar-refractivity contribution in [1.82, 2.24) is 5.32 Å². The summed E-state index contributed by atoms with van der Waals surface area (Å²) in [4.78, 5) is 12.1. The average Bonchev–Trinajstić information content (AvgIpc) is 2.42. The molecule has 1 fully saturated rings. The Bertz CT molecular complexity index is 409. The standard InChI is InChI=1S/C15H22N2O2/c1-3-19-14-8-6-13(7-9-14)17-15(18)12-5-4-11(2)16-10-12/h6-9,11-12,16H,3-5,10H2,1-2H3,(H,17,18). The van der Waals surface area contributed by atoms with E-state index in [0.29, 0.717) is 12.6 Å². The number of carbonyl (C=O) groups excluding carboxylic acids is 1. The highest BCUT2D eigenvalue weighted by Crippen LogP contribution is 2.19. The van der Waals surface area contributed by atoms with Gasteiger partial charge in [0.05, 0.1) is 12.5 Å². The lowest BCUT2D eigenvalue weighted by molar-refractivity contribution is -0.120. The third kappa shape index (κ3) is 3.96. The third-order valence-corrected chi connectivity index (χ3v) is 3.46. The van der Waals surface area contributed by atoms with E-state index in [1.807, 2.05) is 31.2 Å². The third-order valence-electron chi connectivity index (χ3n) is 3.46. The number of nitrogens with one attached hydrogen (secondary N) is 2. The number of ether oxygens (including phenoxy) is 1. The number of amides is 1. The first-order chi connectivity index (χ1) is 9.19. The minimum Gasteiger partial charge on any atom is -0.494 e. The number of carbonyl (C=O) groups is 1. The van der Waals surface area contributed by atoms with Crippen molar-refractivity contribution in [3.8, 4) is 5.75 Å². The van der Waals surface area contributed by atoms with Crippen molar-refractivity contribution in [2.45, 2.75) is 32.7 Å². The van der Waals surface area contributed by atoms with Crippen molar-refractivity contribution in [3.63, 3.8) is 0 Å². The van der Waals surface area contributed by atoms with Gasteiger partial charge in [0.25, 0.3) is 0 Å². The van der Waals surface area contributed by atoms with Crippen molar-refractivity contribution in [2.24, 2.45) is 5.92 Å². The van der Waals surface area contributed by atoms with E-state index < -0.39 is 0 Å². The molecule has 1 heterocycles. The van der Waals surface area contributed by atoms with E-state index in [2.05, 4.69) is 17.6 Å². The first-order valence-corrected chi connectivity index (χ1v) is 6.96. The van der Waals surface area contributed by atoms with Crippen LogP contribution in [0.1, 0.15) is 26.7 Å². The van der Waals surface area contributed by atoms with Crippen molar-refractivity contribution in [1.29, 1.82) is 0 Å². The van der Waals surface area contributed by atoms with Gasteiger partial charge in [-0.2, -0.15) is 0 Å². The lowest BCUT2D eigenvalue weighted by atomic mass is 9.95. The lowest BCUT2D eigenvalue weighted by Crippen LogP contribution is -2.41. The summed E-state index contributed by atoms with van der Waals surface area (Å²) in [7, 11) is 0. The van der Waals surface area contributed by atoms with Crippen LogP contribution in [0.2, 0.25) is 0 Å². The molecule has 4 heteroatoms. The fourth-order valence-corrected chi connectivity index (χ4v) is 2.27. The molecule has 0 aliphatic carbocycles. The Morgan fingerprint density at radius 1 is 1.37 bits per heavy atom. The fraction of sp³-hybridized carbons (Fsp3) is 0.533. The summed E-state index contributed by atoms with van der Waals surface area (Å²) in [5.74, 6) is 1.000. The maximum absolute atomic E-state index is 12.1. The zero-order valence-corrected chi connectivity index (χ0v) is 11.6. The maximum atomic E-state index is 12.1. The van der Waals surface area contributed by atoms with Gasteiger partial charge in [0.2, 0.25) is 5.91 Å². The monoisotopic (exact) mass is 262 g/mol. The van der Waals surface area contributed by atoms with Crippen LogP contribution >= 0.6 is 0 Å². The molecular weight excluding hydrogens is 240 g/mol. The van der Waals surface area contributed by atoms with Gasteiger partial charge in [-0.3, -0.25) is 4.79 Å². The molecule has 19 heavy (non-hydrogen) atoms. The lowest BCUT2D eigenvalue weighted by Gasteiger charge is -2.26. The quantitative estimate of drug-likeness (QED) is 0.876. The van der Waals surface area contributed by atoms with Gasteiger partial charge in [0.1, 0.15) is 5.75 Å². The predicted octanol–water partition coefficient (Wildman–Crippen LogP) is 2.41. The van der Waals surface area contributed by atoms with Crippen LogP contribution in [0.15, 0.2) is 24.3 Å². The summed E-state index contributed by atoms with van der Waals surface area (Å²) in [5.41, 5.74) is 0.826. The highest BCUT2D eigenvalue weighted by molar-refractivity contribution is 5.92. The molecule has 1 aromatic rings. The Labute approximate surface area is 114 Å². The summed E-state index contributed by atoms with van der Waals surface area (Å²) in [6.07, 6.45) is 2.01. The molecule has 4 nitrogen and oxygen atoms in total. The van der Waals surface area contributed by atoms with E-state index in [1.54, 1.807) is 0 Å². The summed E-state index contributed by atoms with van der Waals surface area (Å²) in [6, 6.07) is 8.03. The van der Waals surface area contributed by atoms with Crippen molar-refractivity contribution >= 4 is 11.6 Å². The zero-order chi connectivity index (χ0) is 13.7. The molecule has 0 aromatic heterocycles. The minimum absolute atomic E-state index is 0.0720. The van der Waals surface area contributed by atoms with Crippen LogP contribution in [0.5, 0.6) is 5.75 Å². The topological polar surface area (TPSA) is 50.4 Å². The van der Waals surface area contributed by atoms with Crippen LogP contribution < -0.4 is 15.4 Å². The van der Waals surface area contributed by atoms with Crippen molar-refractivity contribution in [2.75, 3.05) is 18.5 Å². The molecule has 1 saturated heterocycles. The SMILES string of the molecule is CCOc1ccc(NC(=O)C2CCC(C)NC2)cc1. The second kappa shape index (κ2) is 6.57. The Morgan fingerprint density at radius 3 is 2.68 bits per heavy atom. The molecule has 1 amide bonds. The van der Waals surface area contributed by atoms with Crippen LogP contribution in [0.4, 0.5) is 5.69 Å². The Balaban J connectivity index is 1.88. The van der Waals surface area contributed by atoms with Gasteiger partial charge in [-0.05, 0) is 51.0 Å². The maximum Gasteiger partial charge on any atom is 0.228 e. The van der Waals surface area contributed by atoms with E-state index in [4.69, 9.17) is 4.74 Å².